The van der Waals surface area contributed by atoms with E-state index >= 15 is 0 Å². The summed E-state index contributed by atoms with van der Waals surface area (Å²) in [5.41, 5.74) is 1.91. The Morgan fingerprint density at radius 3 is 2.72 bits per heavy atom. The smallest absolute Gasteiger partial charge is 0.318 e. The highest BCUT2D eigenvalue weighted by Crippen LogP contribution is 2.31. The van der Waals surface area contributed by atoms with Crippen LogP contribution in [0.15, 0.2) is 59.1 Å². The number of carbonyl (C=O) groups is 1. The number of methoxy groups -OCH3 is 1. The summed E-state index contributed by atoms with van der Waals surface area (Å²) in [6.07, 6.45) is 2.80. The molecule has 7 heteroatoms. The minimum absolute atomic E-state index is 0.109. The Labute approximate surface area is 169 Å². The number of benzene rings is 2. The number of hydrogen-bond donors (Lipinski definition) is 1. The van der Waals surface area contributed by atoms with Gasteiger partial charge in [0.2, 0.25) is 11.7 Å². The van der Waals surface area contributed by atoms with Crippen LogP contribution in [-0.2, 0) is 6.54 Å². The SMILES string of the molecule is COc1ccc(-c2noc(C3CCCCN3C(=O)NCc3ccccc3)n2)cc1. The maximum atomic E-state index is 12.8. The summed E-state index contributed by atoms with van der Waals surface area (Å²) in [6, 6.07) is 17.0. The van der Waals surface area contributed by atoms with Crippen molar-refractivity contribution in [3.8, 4) is 17.1 Å². The molecule has 2 heterocycles. The summed E-state index contributed by atoms with van der Waals surface area (Å²) in [6.45, 7) is 1.16. The first-order chi connectivity index (χ1) is 14.2. The molecule has 0 bridgehead atoms. The molecule has 1 aliphatic rings. The van der Waals surface area contributed by atoms with Gasteiger partial charge in [0.1, 0.15) is 11.8 Å². The summed E-state index contributed by atoms with van der Waals surface area (Å²) in [7, 11) is 1.63. The fraction of sp³-hybridized carbons (Fsp3) is 0.318. The number of likely N-dealkylation sites (tertiary alicyclic amines) is 1. The molecule has 0 saturated carbocycles. The number of piperidine rings is 1. The van der Waals surface area contributed by atoms with Crippen LogP contribution in [0, 0.1) is 0 Å². The average molecular weight is 392 g/mol. The molecule has 1 fully saturated rings. The van der Waals surface area contributed by atoms with E-state index in [4.69, 9.17) is 9.26 Å². The molecule has 3 aromatic rings. The third-order valence-electron chi connectivity index (χ3n) is 5.13. The molecule has 1 atom stereocenters. The molecule has 0 spiro atoms. The van der Waals surface area contributed by atoms with E-state index in [0.717, 1.165) is 36.1 Å². The zero-order valence-electron chi connectivity index (χ0n) is 16.4. The Morgan fingerprint density at radius 1 is 1.17 bits per heavy atom. The molecule has 0 radical (unpaired) electrons. The van der Waals surface area contributed by atoms with E-state index in [9.17, 15) is 4.79 Å². The number of ether oxygens (including phenoxy) is 1. The Morgan fingerprint density at radius 2 is 1.97 bits per heavy atom. The van der Waals surface area contributed by atoms with Crippen molar-refractivity contribution in [2.45, 2.75) is 31.8 Å². The van der Waals surface area contributed by atoms with E-state index in [1.165, 1.54) is 0 Å². The Hall–Kier alpha value is -3.35. The van der Waals surface area contributed by atoms with Gasteiger partial charge in [0.05, 0.1) is 7.11 Å². The van der Waals surface area contributed by atoms with E-state index in [0.29, 0.717) is 24.8 Å². The van der Waals surface area contributed by atoms with Crippen LogP contribution >= 0.6 is 0 Å². The molecule has 1 aliphatic heterocycles. The third-order valence-corrected chi connectivity index (χ3v) is 5.13. The molecule has 2 aromatic carbocycles. The van der Waals surface area contributed by atoms with E-state index in [1.54, 1.807) is 12.0 Å². The maximum absolute atomic E-state index is 12.8. The van der Waals surface area contributed by atoms with Gasteiger partial charge < -0.3 is 19.5 Å². The largest absolute Gasteiger partial charge is 0.497 e. The highest BCUT2D eigenvalue weighted by molar-refractivity contribution is 5.74. The second-order valence-electron chi connectivity index (χ2n) is 7.03. The van der Waals surface area contributed by atoms with Crippen molar-refractivity contribution in [2.75, 3.05) is 13.7 Å². The molecule has 1 saturated heterocycles. The van der Waals surface area contributed by atoms with Gasteiger partial charge in [-0.2, -0.15) is 4.98 Å². The van der Waals surface area contributed by atoms with Crippen molar-refractivity contribution in [3.63, 3.8) is 0 Å². The summed E-state index contributed by atoms with van der Waals surface area (Å²) in [4.78, 5) is 19.2. The van der Waals surface area contributed by atoms with Gasteiger partial charge in [-0.1, -0.05) is 35.5 Å². The van der Waals surface area contributed by atoms with Gasteiger partial charge in [-0.05, 0) is 49.1 Å². The lowest BCUT2D eigenvalue weighted by molar-refractivity contribution is 0.131. The van der Waals surface area contributed by atoms with Gasteiger partial charge in [0.25, 0.3) is 0 Å². The van der Waals surface area contributed by atoms with Crippen molar-refractivity contribution in [1.29, 1.82) is 0 Å². The number of carbonyl (C=O) groups excluding carboxylic acids is 1. The van der Waals surface area contributed by atoms with Gasteiger partial charge in [0.15, 0.2) is 0 Å². The van der Waals surface area contributed by atoms with Crippen LogP contribution in [0.1, 0.15) is 36.8 Å². The van der Waals surface area contributed by atoms with E-state index in [2.05, 4.69) is 15.5 Å². The number of nitrogens with zero attached hydrogens (tertiary/aromatic N) is 3. The van der Waals surface area contributed by atoms with Crippen LogP contribution in [-0.4, -0.2) is 34.7 Å². The molecule has 0 aliphatic carbocycles. The molecule has 29 heavy (non-hydrogen) atoms. The van der Waals surface area contributed by atoms with Gasteiger partial charge in [-0.3, -0.25) is 0 Å². The van der Waals surface area contributed by atoms with E-state index < -0.39 is 0 Å². The molecule has 1 N–H and O–H groups in total. The number of aromatic nitrogens is 2. The summed E-state index contributed by atoms with van der Waals surface area (Å²) < 4.78 is 10.7. The zero-order valence-corrected chi connectivity index (χ0v) is 16.4. The number of amides is 2. The highest BCUT2D eigenvalue weighted by atomic mass is 16.5. The van der Waals surface area contributed by atoms with Gasteiger partial charge in [-0.15, -0.1) is 0 Å². The van der Waals surface area contributed by atoms with Gasteiger partial charge >= 0.3 is 6.03 Å². The minimum Gasteiger partial charge on any atom is -0.497 e. The lowest BCUT2D eigenvalue weighted by Gasteiger charge is -2.33. The van der Waals surface area contributed by atoms with Crippen LogP contribution in [0.5, 0.6) is 5.75 Å². The van der Waals surface area contributed by atoms with Crippen molar-refractivity contribution in [3.05, 3.63) is 66.1 Å². The van der Waals surface area contributed by atoms with Gasteiger partial charge in [0, 0.05) is 18.7 Å². The first-order valence-corrected chi connectivity index (χ1v) is 9.81. The first-order valence-electron chi connectivity index (χ1n) is 9.81. The number of rotatable bonds is 5. The first kappa shape index (κ1) is 19.0. The monoisotopic (exact) mass is 392 g/mol. The quantitative estimate of drug-likeness (QED) is 0.704. The van der Waals surface area contributed by atoms with Crippen LogP contribution in [0.3, 0.4) is 0 Å². The molecule has 4 rings (SSSR count). The lowest BCUT2D eigenvalue weighted by Crippen LogP contribution is -2.44. The average Bonchev–Trinajstić information content (AvgIpc) is 3.28. The third kappa shape index (κ3) is 4.39. The molecule has 150 valence electrons. The number of urea groups is 1. The Balaban J connectivity index is 1.47. The summed E-state index contributed by atoms with van der Waals surface area (Å²) in [5, 5.41) is 7.12. The minimum atomic E-state index is -0.209. The van der Waals surface area contributed by atoms with Crippen molar-refractivity contribution in [1.82, 2.24) is 20.4 Å². The molecular weight excluding hydrogens is 368 g/mol. The molecule has 1 unspecified atom stereocenters. The standard InChI is InChI=1S/C22H24N4O3/c1-28-18-12-10-17(11-13-18)20-24-21(29-25-20)19-9-5-6-14-26(19)22(27)23-15-16-7-3-2-4-8-16/h2-4,7-8,10-13,19H,5-6,9,14-15H2,1H3,(H,23,27). The van der Waals surface area contributed by atoms with Crippen LogP contribution in [0.4, 0.5) is 4.79 Å². The lowest BCUT2D eigenvalue weighted by atomic mass is 10.0. The number of hydrogen-bond acceptors (Lipinski definition) is 5. The van der Waals surface area contributed by atoms with E-state index in [-0.39, 0.29) is 12.1 Å². The maximum Gasteiger partial charge on any atom is 0.318 e. The van der Waals surface area contributed by atoms with Crippen molar-refractivity contribution >= 4 is 6.03 Å². The molecule has 7 nitrogen and oxygen atoms in total. The van der Waals surface area contributed by atoms with Crippen molar-refractivity contribution < 1.29 is 14.1 Å². The summed E-state index contributed by atoms with van der Waals surface area (Å²) >= 11 is 0. The fourth-order valence-corrected chi connectivity index (χ4v) is 3.53. The number of nitrogens with one attached hydrogen (secondary N) is 1. The summed E-state index contributed by atoms with van der Waals surface area (Å²) in [5.74, 6) is 1.76. The van der Waals surface area contributed by atoms with Gasteiger partial charge in [-0.25, -0.2) is 4.79 Å². The van der Waals surface area contributed by atoms with Crippen LogP contribution in [0.25, 0.3) is 11.4 Å². The Kier molecular flexibility index (Phi) is 5.74. The second-order valence-corrected chi connectivity index (χ2v) is 7.03. The van der Waals surface area contributed by atoms with E-state index in [1.807, 2.05) is 54.6 Å². The molecule has 2 amide bonds. The Bertz CT molecular complexity index is 940. The van der Waals surface area contributed by atoms with Crippen LogP contribution < -0.4 is 10.1 Å². The zero-order chi connectivity index (χ0) is 20.1. The second kappa shape index (κ2) is 8.77. The highest BCUT2D eigenvalue weighted by Gasteiger charge is 2.32. The molecular formula is C22H24N4O3. The fourth-order valence-electron chi connectivity index (χ4n) is 3.53. The normalized spacial score (nSPS) is 16.4. The topological polar surface area (TPSA) is 80.5 Å². The predicted octanol–water partition coefficient (Wildman–Crippen LogP) is 4.18. The predicted molar refractivity (Wildman–Crippen MR) is 108 cm³/mol. The molecule has 1 aromatic heterocycles. The van der Waals surface area contributed by atoms with Crippen molar-refractivity contribution in [2.24, 2.45) is 0 Å². The van der Waals surface area contributed by atoms with Crippen LogP contribution in [0.2, 0.25) is 0 Å².